The highest BCUT2D eigenvalue weighted by Crippen LogP contribution is 2.26. The van der Waals surface area contributed by atoms with Crippen molar-refractivity contribution >= 4 is 5.78 Å². The molecule has 2 aliphatic carbocycles. The molecule has 3 heteroatoms. The molecule has 2 unspecified atom stereocenters. The van der Waals surface area contributed by atoms with Crippen LogP contribution < -0.4 is 0 Å². The zero-order chi connectivity index (χ0) is 11.6. The predicted octanol–water partition coefficient (Wildman–Crippen LogP) is -0.0557. The molecule has 0 aromatic heterocycles. The Bertz CT molecular complexity index is 505. The summed E-state index contributed by atoms with van der Waals surface area (Å²) in [5.74, 6) is 9.65. The normalized spacial score (nSPS) is 33.8. The topological polar surface area (TPSA) is 57.5 Å². The van der Waals surface area contributed by atoms with E-state index in [1.165, 1.54) is 12.2 Å². The van der Waals surface area contributed by atoms with E-state index in [1.807, 2.05) is 0 Å². The molecule has 0 fully saturated rings. The minimum Gasteiger partial charge on any atom is -0.376 e. The third-order valence-electron chi connectivity index (χ3n) is 2.55. The third kappa shape index (κ3) is 1.79. The first-order valence-electron chi connectivity index (χ1n) is 4.97. The Morgan fingerprint density at radius 3 is 2.94 bits per heavy atom. The molecule has 0 aromatic carbocycles. The Morgan fingerprint density at radius 1 is 1.38 bits per heavy atom. The van der Waals surface area contributed by atoms with Gasteiger partial charge in [-0.3, -0.25) is 4.79 Å². The first kappa shape index (κ1) is 10.7. The van der Waals surface area contributed by atoms with Crippen molar-refractivity contribution in [3.05, 3.63) is 23.8 Å². The van der Waals surface area contributed by atoms with E-state index in [9.17, 15) is 15.0 Å². The molecule has 2 bridgehead atoms. The standard InChI is InChI=1S/C13H10O3/c14-11-7-3-1-2-4-8-13(16)9-5-6-10(11)12(13)15/h1-2,6,11,14,16H,5,9H2/b2-1+. The number of ketones is 1. The molecule has 2 N–H and O–H groups in total. The molecule has 0 aliphatic heterocycles. The molecule has 0 aromatic rings. The molecule has 2 rings (SSSR count). The van der Waals surface area contributed by atoms with Crippen LogP contribution >= 0.6 is 0 Å². The number of carbonyl (C=O) groups is 1. The summed E-state index contributed by atoms with van der Waals surface area (Å²) in [4.78, 5) is 11.9. The lowest BCUT2D eigenvalue weighted by atomic mass is 9.81. The van der Waals surface area contributed by atoms with Crippen molar-refractivity contribution in [1.82, 2.24) is 0 Å². The van der Waals surface area contributed by atoms with Gasteiger partial charge in [-0.2, -0.15) is 0 Å². The maximum atomic E-state index is 11.9. The van der Waals surface area contributed by atoms with Gasteiger partial charge in [0.2, 0.25) is 5.78 Å². The summed E-state index contributed by atoms with van der Waals surface area (Å²) >= 11 is 0. The quantitative estimate of drug-likeness (QED) is 0.556. The van der Waals surface area contributed by atoms with Crippen molar-refractivity contribution < 1.29 is 15.0 Å². The summed E-state index contributed by atoms with van der Waals surface area (Å²) in [5, 5.41) is 19.7. The number of aliphatic hydroxyl groups is 2. The maximum absolute atomic E-state index is 11.9. The zero-order valence-electron chi connectivity index (χ0n) is 8.53. The fraction of sp³-hybridized carbons (Fsp3) is 0.308. The predicted molar refractivity (Wildman–Crippen MR) is 58.0 cm³/mol. The molecule has 16 heavy (non-hydrogen) atoms. The van der Waals surface area contributed by atoms with Gasteiger partial charge < -0.3 is 10.2 Å². The van der Waals surface area contributed by atoms with Gasteiger partial charge in [0.25, 0.3) is 0 Å². The van der Waals surface area contributed by atoms with Crippen molar-refractivity contribution in [2.75, 3.05) is 0 Å². The monoisotopic (exact) mass is 214 g/mol. The van der Waals surface area contributed by atoms with Gasteiger partial charge >= 0.3 is 0 Å². The second kappa shape index (κ2) is 3.98. The van der Waals surface area contributed by atoms with Gasteiger partial charge in [-0.25, -0.2) is 0 Å². The van der Waals surface area contributed by atoms with Gasteiger partial charge in [-0.1, -0.05) is 29.8 Å². The van der Waals surface area contributed by atoms with Crippen LogP contribution in [0.15, 0.2) is 23.8 Å². The van der Waals surface area contributed by atoms with E-state index in [-0.39, 0.29) is 12.0 Å². The van der Waals surface area contributed by atoms with Crippen molar-refractivity contribution in [3.63, 3.8) is 0 Å². The molecule has 2 aliphatic rings. The zero-order valence-corrected chi connectivity index (χ0v) is 8.53. The van der Waals surface area contributed by atoms with Gasteiger partial charge in [0.15, 0.2) is 5.60 Å². The van der Waals surface area contributed by atoms with Crippen LogP contribution in [0.4, 0.5) is 0 Å². The highest BCUT2D eigenvalue weighted by molar-refractivity contribution is 6.06. The van der Waals surface area contributed by atoms with E-state index in [0.29, 0.717) is 6.42 Å². The largest absolute Gasteiger partial charge is 0.376 e. The number of hydrogen-bond donors (Lipinski definition) is 2. The number of fused-ring (bicyclic) bond motifs is 2. The highest BCUT2D eigenvalue weighted by atomic mass is 16.3. The maximum Gasteiger partial charge on any atom is 0.206 e. The molecule has 0 spiro atoms. The van der Waals surface area contributed by atoms with Gasteiger partial charge in [0.05, 0.1) is 0 Å². The van der Waals surface area contributed by atoms with Crippen LogP contribution in [0, 0.1) is 23.7 Å². The fourth-order valence-electron chi connectivity index (χ4n) is 1.69. The Balaban J connectivity index is 2.53. The number of rotatable bonds is 0. The van der Waals surface area contributed by atoms with Gasteiger partial charge in [0, 0.05) is 5.57 Å². The smallest absolute Gasteiger partial charge is 0.206 e. The van der Waals surface area contributed by atoms with Gasteiger partial charge in [-0.15, -0.1) is 0 Å². The second-order valence-corrected chi connectivity index (χ2v) is 3.68. The Hall–Kier alpha value is -1.81. The van der Waals surface area contributed by atoms with E-state index in [2.05, 4.69) is 23.7 Å². The molecular weight excluding hydrogens is 204 g/mol. The third-order valence-corrected chi connectivity index (χ3v) is 2.55. The SMILES string of the molecule is O=C1C2=CCCC1(O)C#C/C=C/C#CC2O. The number of aliphatic hydroxyl groups excluding tert-OH is 1. The van der Waals surface area contributed by atoms with Gasteiger partial charge in [0.1, 0.15) is 6.10 Å². The van der Waals surface area contributed by atoms with Crippen molar-refractivity contribution in [2.45, 2.75) is 24.5 Å². The van der Waals surface area contributed by atoms with Crippen LogP contribution in [0.3, 0.4) is 0 Å². The van der Waals surface area contributed by atoms with Crippen LogP contribution in [0.25, 0.3) is 0 Å². The van der Waals surface area contributed by atoms with Crippen molar-refractivity contribution in [1.29, 1.82) is 0 Å². The first-order valence-corrected chi connectivity index (χ1v) is 4.97. The summed E-state index contributed by atoms with van der Waals surface area (Å²) < 4.78 is 0. The lowest BCUT2D eigenvalue weighted by Crippen LogP contribution is -2.42. The van der Waals surface area contributed by atoms with E-state index < -0.39 is 17.5 Å². The van der Waals surface area contributed by atoms with Crippen LogP contribution in [-0.2, 0) is 4.79 Å². The molecule has 3 nitrogen and oxygen atoms in total. The van der Waals surface area contributed by atoms with E-state index >= 15 is 0 Å². The minimum absolute atomic E-state index is 0.144. The average molecular weight is 214 g/mol. The molecular formula is C13H10O3. The fourth-order valence-corrected chi connectivity index (χ4v) is 1.69. The lowest BCUT2D eigenvalue weighted by Gasteiger charge is -2.26. The molecule has 0 amide bonds. The Kier molecular flexibility index (Phi) is 2.66. The summed E-state index contributed by atoms with van der Waals surface area (Å²) in [7, 11) is 0. The molecule has 0 saturated heterocycles. The first-order chi connectivity index (χ1) is 7.63. The van der Waals surface area contributed by atoms with Crippen molar-refractivity contribution in [2.24, 2.45) is 0 Å². The molecule has 80 valence electrons. The Labute approximate surface area is 93.5 Å². The number of carbonyl (C=O) groups excluding carboxylic acids is 1. The average Bonchev–Trinajstić information content (AvgIpc) is 2.25. The van der Waals surface area contributed by atoms with Crippen LogP contribution in [0.2, 0.25) is 0 Å². The molecule has 0 saturated carbocycles. The second-order valence-electron chi connectivity index (χ2n) is 3.68. The van der Waals surface area contributed by atoms with E-state index in [1.54, 1.807) is 6.08 Å². The number of allylic oxidation sites excluding steroid dienone is 3. The summed E-state index contributed by atoms with van der Waals surface area (Å²) in [5.41, 5.74) is -1.53. The lowest BCUT2D eigenvalue weighted by molar-refractivity contribution is -0.130. The number of Topliss-reactive ketones (excluding diaryl/α,β-unsaturated/α-hetero) is 1. The van der Waals surface area contributed by atoms with E-state index in [0.717, 1.165) is 0 Å². The van der Waals surface area contributed by atoms with Crippen LogP contribution in [0.5, 0.6) is 0 Å². The Morgan fingerprint density at radius 2 is 2.12 bits per heavy atom. The molecule has 0 heterocycles. The van der Waals surface area contributed by atoms with Crippen molar-refractivity contribution in [3.8, 4) is 23.7 Å². The molecule has 2 atom stereocenters. The van der Waals surface area contributed by atoms with Gasteiger partial charge in [-0.05, 0) is 25.0 Å². The summed E-state index contributed by atoms with van der Waals surface area (Å²) in [6, 6.07) is 0. The summed E-state index contributed by atoms with van der Waals surface area (Å²) in [6.45, 7) is 0. The summed E-state index contributed by atoms with van der Waals surface area (Å²) in [6.07, 6.45) is 4.16. The molecule has 0 radical (unpaired) electrons. The van der Waals surface area contributed by atoms with Crippen LogP contribution in [0.1, 0.15) is 12.8 Å². The van der Waals surface area contributed by atoms with E-state index in [4.69, 9.17) is 0 Å². The minimum atomic E-state index is -1.67. The van der Waals surface area contributed by atoms with Crippen LogP contribution in [-0.4, -0.2) is 27.7 Å². The number of hydrogen-bond acceptors (Lipinski definition) is 3. The highest BCUT2D eigenvalue weighted by Gasteiger charge is 2.40.